The first-order chi connectivity index (χ1) is 9.29. The van der Waals surface area contributed by atoms with E-state index in [2.05, 4.69) is 21.0 Å². The van der Waals surface area contributed by atoms with Crippen LogP contribution in [0.4, 0.5) is 0 Å². The van der Waals surface area contributed by atoms with Crippen LogP contribution in [0, 0.1) is 0 Å². The molecule has 0 radical (unpaired) electrons. The smallest absolute Gasteiger partial charge is 0.321 e. The zero-order chi connectivity index (χ0) is 14.9. The summed E-state index contributed by atoms with van der Waals surface area (Å²) in [6, 6.07) is 5.60. The number of halogens is 1. The van der Waals surface area contributed by atoms with Gasteiger partial charge in [0.15, 0.2) is 15.1 Å². The molecule has 0 bridgehead atoms. The standard InChI is InChI=1S/C12H13BrN2O4S/c1-20(18,19)11(12(16)17)4-5-15-10-3-2-9(13)6-8(10)7-14-15/h2-3,6-7,11H,4-5H2,1H3,(H,16,17). The van der Waals surface area contributed by atoms with E-state index >= 15 is 0 Å². The summed E-state index contributed by atoms with van der Waals surface area (Å²) in [6.45, 7) is 0.231. The van der Waals surface area contributed by atoms with Crippen molar-refractivity contribution in [3.8, 4) is 0 Å². The van der Waals surface area contributed by atoms with Gasteiger partial charge >= 0.3 is 5.97 Å². The van der Waals surface area contributed by atoms with Crippen LogP contribution in [0.25, 0.3) is 10.9 Å². The highest BCUT2D eigenvalue weighted by Gasteiger charge is 2.28. The Labute approximate surface area is 124 Å². The number of benzene rings is 1. The molecule has 0 saturated carbocycles. The Morgan fingerprint density at radius 2 is 2.20 bits per heavy atom. The van der Waals surface area contributed by atoms with Crippen molar-refractivity contribution in [2.45, 2.75) is 18.2 Å². The van der Waals surface area contributed by atoms with Gasteiger partial charge in [-0.05, 0) is 24.6 Å². The SMILES string of the molecule is CS(=O)(=O)C(CCn1ncc2cc(Br)ccc21)C(=O)O. The van der Waals surface area contributed by atoms with Gasteiger partial charge < -0.3 is 5.11 Å². The second-order valence-electron chi connectivity index (χ2n) is 4.52. The van der Waals surface area contributed by atoms with E-state index in [9.17, 15) is 13.2 Å². The molecule has 0 amide bonds. The molecular weight excluding hydrogens is 348 g/mol. The molecule has 2 rings (SSSR count). The van der Waals surface area contributed by atoms with Gasteiger partial charge in [0.2, 0.25) is 0 Å². The summed E-state index contributed by atoms with van der Waals surface area (Å²) in [5.74, 6) is -1.33. The van der Waals surface area contributed by atoms with Crippen LogP contribution in [-0.4, -0.2) is 40.8 Å². The number of carboxylic acid groups (broad SMARTS) is 1. The summed E-state index contributed by atoms with van der Waals surface area (Å²) in [5.41, 5.74) is 0.839. The molecule has 1 aromatic carbocycles. The molecule has 1 heterocycles. The van der Waals surface area contributed by atoms with Gasteiger partial charge in [-0.15, -0.1) is 0 Å². The Morgan fingerprint density at radius 3 is 2.80 bits per heavy atom. The summed E-state index contributed by atoms with van der Waals surface area (Å²) >= 11 is 3.35. The maximum atomic E-state index is 11.4. The van der Waals surface area contributed by atoms with Crippen LogP contribution in [0.1, 0.15) is 6.42 Å². The van der Waals surface area contributed by atoms with E-state index in [0.717, 1.165) is 21.6 Å². The number of carbonyl (C=O) groups is 1. The van der Waals surface area contributed by atoms with E-state index in [-0.39, 0.29) is 13.0 Å². The summed E-state index contributed by atoms with van der Waals surface area (Å²) in [7, 11) is -3.63. The van der Waals surface area contributed by atoms with Gasteiger partial charge in [-0.3, -0.25) is 9.48 Å². The van der Waals surface area contributed by atoms with E-state index in [1.165, 1.54) is 0 Å². The second-order valence-corrected chi connectivity index (χ2v) is 7.66. The van der Waals surface area contributed by atoms with Crippen LogP contribution >= 0.6 is 15.9 Å². The number of rotatable bonds is 5. The fourth-order valence-corrected chi connectivity index (χ4v) is 3.27. The Bertz CT molecular complexity index is 754. The molecular formula is C12H13BrN2O4S. The highest BCUT2D eigenvalue weighted by molar-refractivity contribution is 9.10. The monoisotopic (exact) mass is 360 g/mol. The van der Waals surface area contributed by atoms with Gasteiger partial charge in [0.25, 0.3) is 0 Å². The summed E-state index contributed by atoms with van der Waals surface area (Å²) < 4.78 is 25.4. The molecule has 6 nitrogen and oxygen atoms in total. The Balaban J connectivity index is 2.23. The minimum absolute atomic E-state index is 0.0129. The molecule has 2 aromatic rings. The van der Waals surface area contributed by atoms with Gasteiger partial charge in [0, 0.05) is 22.7 Å². The van der Waals surface area contributed by atoms with Crippen LogP contribution in [0.3, 0.4) is 0 Å². The number of fused-ring (bicyclic) bond motifs is 1. The van der Waals surface area contributed by atoms with Crippen LogP contribution in [0.2, 0.25) is 0 Å². The van der Waals surface area contributed by atoms with Gasteiger partial charge in [-0.1, -0.05) is 15.9 Å². The third-order valence-corrected chi connectivity index (χ3v) is 4.96. The van der Waals surface area contributed by atoms with Gasteiger partial charge in [0.05, 0.1) is 11.7 Å². The number of aryl methyl sites for hydroxylation is 1. The van der Waals surface area contributed by atoms with Crippen molar-refractivity contribution >= 4 is 42.6 Å². The van der Waals surface area contributed by atoms with Crippen LogP contribution in [0.15, 0.2) is 28.9 Å². The van der Waals surface area contributed by atoms with E-state index in [1.807, 2.05) is 18.2 Å². The molecule has 0 aliphatic rings. The highest BCUT2D eigenvalue weighted by Crippen LogP contribution is 2.20. The number of carboxylic acids is 1. The predicted octanol–water partition coefficient (Wildman–Crippen LogP) is 1.69. The fourth-order valence-electron chi connectivity index (χ4n) is 2.00. The van der Waals surface area contributed by atoms with E-state index in [4.69, 9.17) is 5.11 Å². The Kier molecular flexibility index (Phi) is 4.14. The predicted molar refractivity (Wildman–Crippen MR) is 78.3 cm³/mol. The van der Waals surface area contributed by atoms with Crippen LogP contribution < -0.4 is 0 Å². The van der Waals surface area contributed by atoms with E-state index in [0.29, 0.717) is 0 Å². The summed E-state index contributed by atoms with van der Waals surface area (Å²) in [5, 5.41) is 12.6. The number of nitrogens with zero attached hydrogens (tertiary/aromatic N) is 2. The first-order valence-corrected chi connectivity index (χ1v) is 8.56. The maximum Gasteiger partial charge on any atom is 0.321 e. The van der Waals surface area contributed by atoms with Crippen molar-refractivity contribution in [1.82, 2.24) is 9.78 Å². The van der Waals surface area contributed by atoms with Crippen molar-refractivity contribution in [2.24, 2.45) is 0 Å². The molecule has 0 aliphatic heterocycles. The molecule has 0 spiro atoms. The summed E-state index contributed by atoms with van der Waals surface area (Å²) in [4.78, 5) is 11.0. The van der Waals surface area contributed by atoms with Crippen LogP contribution in [0.5, 0.6) is 0 Å². The number of aliphatic carboxylic acids is 1. The van der Waals surface area contributed by atoms with Crippen molar-refractivity contribution in [3.63, 3.8) is 0 Å². The molecule has 108 valence electrons. The molecule has 0 aliphatic carbocycles. The molecule has 20 heavy (non-hydrogen) atoms. The normalized spacial score (nSPS) is 13.5. The minimum Gasteiger partial charge on any atom is -0.480 e. The quantitative estimate of drug-likeness (QED) is 0.875. The van der Waals surface area contributed by atoms with Crippen molar-refractivity contribution in [2.75, 3.05) is 6.26 Å². The lowest BCUT2D eigenvalue weighted by atomic mass is 10.2. The number of hydrogen-bond donors (Lipinski definition) is 1. The number of hydrogen-bond acceptors (Lipinski definition) is 4. The summed E-state index contributed by atoms with van der Waals surface area (Å²) in [6.07, 6.45) is 2.58. The number of sulfone groups is 1. The zero-order valence-electron chi connectivity index (χ0n) is 10.7. The largest absolute Gasteiger partial charge is 0.480 e. The molecule has 1 atom stereocenters. The number of aromatic nitrogens is 2. The van der Waals surface area contributed by atoms with Gasteiger partial charge in [-0.25, -0.2) is 8.42 Å². The molecule has 8 heteroatoms. The average molecular weight is 361 g/mol. The van der Waals surface area contributed by atoms with Crippen LogP contribution in [-0.2, 0) is 21.2 Å². The topological polar surface area (TPSA) is 89.3 Å². The fraction of sp³-hybridized carbons (Fsp3) is 0.333. The molecule has 1 N–H and O–H groups in total. The van der Waals surface area contributed by atoms with Crippen molar-refractivity contribution in [1.29, 1.82) is 0 Å². The third-order valence-electron chi connectivity index (χ3n) is 3.00. The van der Waals surface area contributed by atoms with Crippen molar-refractivity contribution in [3.05, 3.63) is 28.9 Å². The maximum absolute atomic E-state index is 11.4. The second kappa shape index (κ2) is 5.53. The molecule has 0 saturated heterocycles. The third kappa shape index (κ3) is 3.18. The minimum atomic E-state index is -3.63. The zero-order valence-corrected chi connectivity index (χ0v) is 13.1. The van der Waals surface area contributed by atoms with E-state index < -0.39 is 21.1 Å². The molecule has 1 aromatic heterocycles. The first kappa shape index (κ1) is 15.0. The lowest BCUT2D eigenvalue weighted by Gasteiger charge is -2.10. The Morgan fingerprint density at radius 1 is 1.50 bits per heavy atom. The van der Waals surface area contributed by atoms with Gasteiger partial charge in [-0.2, -0.15) is 5.10 Å². The Hall–Kier alpha value is -1.41. The van der Waals surface area contributed by atoms with Crippen molar-refractivity contribution < 1.29 is 18.3 Å². The molecule has 1 unspecified atom stereocenters. The lowest BCUT2D eigenvalue weighted by molar-refractivity contribution is -0.136. The highest BCUT2D eigenvalue weighted by atomic mass is 79.9. The first-order valence-electron chi connectivity index (χ1n) is 5.82. The average Bonchev–Trinajstić information content (AvgIpc) is 2.69. The lowest BCUT2D eigenvalue weighted by Crippen LogP contribution is -2.30. The van der Waals surface area contributed by atoms with Gasteiger partial charge in [0.1, 0.15) is 0 Å². The molecule has 0 fully saturated rings. The van der Waals surface area contributed by atoms with E-state index in [1.54, 1.807) is 10.9 Å².